The van der Waals surface area contributed by atoms with Gasteiger partial charge >= 0.3 is 6.36 Å². The molecule has 0 unspecified atom stereocenters. The van der Waals surface area contributed by atoms with E-state index >= 15 is 0 Å². The predicted octanol–water partition coefficient (Wildman–Crippen LogP) is 8.02. The van der Waals surface area contributed by atoms with Crippen molar-refractivity contribution >= 4 is 10.8 Å². The summed E-state index contributed by atoms with van der Waals surface area (Å²) in [6.45, 7) is 2.21. The van der Waals surface area contributed by atoms with Crippen molar-refractivity contribution in [1.82, 2.24) is 0 Å². The van der Waals surface area contributed by atoms with Crippen LogP contribution in [0.1, 0.15) is 61.6 Å². The van der Waals surface area contributed by atoms with E-state index in [9.17, 15) is 13.2 Å². The van der Waals surface area contributed by atoms with Gasteiger partial charge in [0.15, 0.2) is 0 Å². The maximum atomic E-state index is 12.4. The molecule has 0 radical (unpaired) electrons. The van der Waals surface area contributed by atoms with Crippen LogP contribution >= 0.6 is 0 Å². The fourth-order valence-corrected chi connectivity index (χ4v) is 4.74. The summed E-state index contributed by atoms with van der Waals surface area (Å²) >= 11 is 0. The minimum absolute atomic E-state index is 0.131. The van der Waals surface area contributed by atoms with Gasteiger partial charge in [-0.2, -0.15) is 0 Å². The number of fused-ring (bicyclic) bond motifs is 3. The Hall–Kier alpha value is -2.93. The standard InChI is InChI=1S/C28H27F3O/c1-2-3-4-7-22-14-18-26-24-9-6-5-8-21(24)13-19-27(26)25(22)17-12-20-10-15-23(16-11-20)32-28(29,30)31/h5-6,8-11,13,15-16,19,22,25H,2-4,7,14,18H2,1H3/t22-,25+/m1/s1. The van der Waals surface area contributed by atoms with Crippen LogP contribution in [0.5, 0.6) is 5.75 Å². The molecule has 0 aliphatic heterocycles. The van der Waals surface area contributed by atoms with Crippen LogP contribution in [0.2, 0.25) is 0 Å². The molecule has 0 heterocycles. The first-order valence-electron chi connectivity index (χ1n) is 11.3. The Bertz CT molecular complexity index is 1120. The Morgan fingerprint density at radius 1 is 0.969 bits per heavy atom. The van der Waals surface area contributed by atoms with Gasteiger partial charge in [-0.15, -0.1) is 13.2 Å². The summed E-state index contributed by atoms with van der Waals surface area (Å²) in [6.07, 6.45) is 2.26. The highest BCUT2D eigenvalue weighted by Gasteiger charge is 2.31. The normalized spacial score (nSPS) is 18.0. The average Bonchev–Trinajstić information content (AvgIpc) is 2.78. The first-order valence-corrected chi connectivity index (χ1v) is 11.3. The van der Waals surface area contributed by atoms with Gasteiger partial charge in [0.2, 0.25) is 0 Å². The van der Waals surface area contributed by atoms with Gasteiger partial charge in [0.1, 0.15) is 5.75 Å². The Labute approximate surface area is 187 Å². The van der Waals surface area contributed by atoms with Crippen LogP contribution in [0.25, 0.3) is 10.8 Å². The van der Waals surface area contributed by atoms with Crippen molar-refractivity contribution in [3.63, 3.8) is 0 Å². The maximum absolute atomic E-state index is 12.4. The molecule has 0 N–H and O–H groups in total. The van der Waals surface area contributed by atoms with Crippen molar-refractivity contribution in [1.29, 1.82) is 0 Å². The van der Waals surface area contributed by atoms with Crippen LogP contribution in [-0.2, 0) is 6.42 Å². The molecule has 2 atom stereocenters. The molecule has 0 saturated heterocycles. The van der Waals surface area contributed by atoms with Crippen LogP contribution in [-0.4, -0.2) is 6.36 Å². The summed E-state index contributed by atoms with van der Waals surface area (Å²) in [7, 11) is 0. The molecular weight excluding hydrogens is 409 g/mol. The zero-order valence-corrected chi connectivity index (χ0v) is 18.2. The van der Waals surface area contributed by atoms with Gasteiger partial charge in [-0.05, 0) is 71.3 Å². The smallest absolute Gasteiger partial charge is 0.406 e. The highest BCUT2D eigenvalue weighted by Crippen LogP contribution is 2.41. The lowest BCUT2D eigenvalue weighted by Gasteiger charge is -2.31. The second-order valence-corrected chi connectivity index (χ2v) is 8.47. The van der Waals surface area contributed by atoms with E-state index in [0.717, 1.165) is 19.3 Å². The van der Waals surface area contributed by atoms with E-state index in [-0.39, 0.29) is 11.7 Å². The predicted molar refractivity (Wildman–Crippen MR) is 123 cm³/mol. The largest absolute Gasteiger partial charge is 0.573 e. The maximum Gasteiger partial charge on any atom is 0.573 e. The van der Waals surface area contributed by atoms with E-state index in [1.54, 1.807) is 12.1 Å². The van der Waals surface area contributed by atoms with Crippen LogP contribution in [0.4, 0.5) is 13.2 Å². The van der Waals surface area contributed by atoms with Crippen molar-refractivity contribution in [2.45, 2.75) is 57.7 Å². The number of alkyl halides is 3. The van der Waals surface area contributed by atoms with E-state index in [2.05, 4.69) is 59.9 Å². The van der Waals surface area contributed by atoms with Gasteiger partial charge in [-0.3, -0.25) is 0 Å². The summed E-state index contributed by atoms with van der Waals surface area (Å²) in [5.41, 5.74) is 3.39. The second kappa shape index (κ2) is 9.69. The third-order valence-corrected chi connectivity index (χ3v) is 6.29. The Morgan fingerprint density at radius 3 is 2.50 bits per heavy atom. The number of benzene rings is 3. The molecule has 3 aromatic rings. The molecule has 0 bridgehead atoms. The molecule has 0 fully saturated rings. The zero-order chi connectivity index (χ0) is 22.6. The molecule has 0 saturated carbocycles. The summed E-state index contributed by atoms with van der Waals surface area (Å²) in [6, 6.07) is 18.7. The first kappa shape index (κ1) is 22.3. The number of halogens is 3. The lowest BCUT2D eigenvalue weighted by atomic mass is 9.72. The van der Waals surface area contributed by atoms with Crippen LogP contribution in [0.15, 0.2) is 60.7 Å². The molecule has 1 nitrogen and oxygen atoms in total. The summed E-state index contributed by atoms with van der Waals surface area (Å²) in [4.78, 5) is 0. The van der Waals surface area contributed by atoms with Crippen LogP contribution in [0, 0.1) is 17.8 Å². The van der Waals surface area contributed by atoms with Crippen molar-refractivity contribution in [2.75, 3.05) is 0 Å². The number of hydrogen-bond acceptors (Lipinski definition) is 1. The van der Waals surface area contributed by atoms with Crippen molar-refractivity contribution in [3.05, 3.63) is 77.4 Å². The lowest BCUT2D eigenvalue weighted by Crippen LogP contribution is -2.20. The fraction of sp³-hybridized carbons (Fsp3) is 0.357. The van der Waals surface area contributed by atoms with Gasteiger partial charge in [0.25, 0.3) is 0 Å². The van der Waals surface area contributed by atoms with Gasteiger partial charge in [-0.1, -0.05) is 74.4 Å². The topological polar surface area (TPSA) is 9.23 Å². The number of unbranched alkanes of at least 4 members (excludes halogenated alkanes) is 2. The molecule has 4 heteroatoms. The highest BCUT2D eigenvalue weighted by molar-refractivity contribution is 5.87. The molecule has 1 aliphatic carbocycles. The summed E-state index contributed by atoms with van der Waals surface area (Å²) < 4.78 is 41.2. The summed E-state index contributed by atoms with van der Waals surface area (Å²) in [5.74, 6) is 7.12. The zero-order valence-electron chi connectivity index (χ0n) is 18.2. The SMILES string of the molecule is CCCCC[C@@H]1CCc2c(ccc3ccccc23)[C@H]1C#Cc1ccc(OC(F)(F)F)cc1. The van der Waals surface area contributed by atoms with Gasteiger partial charge < -0.3 is 4.74 Å². The summed E-state index contributed by atoms with van der Waals surface area (Å²) in [5, 5.41) is 2.56. The number of hydrogen-bond donors (Lipinski definition) is 0. The Kier molecular flexibility index (Phi) is 6.74. The Balaban J connectivity index is 1.64. The number of rotatable bonds is 5. The number of ether oxygens (including phenoxy) is 1. The molecule has 166 valence electrons. The fourth-order valence-electron chi connectivity index (χ4n) is 4.74. The van der Waals surface area contributed by atoms with Crippen LogP contribution < -0.4 is 4.74 Å². The van der Waals surface area contributed by atoms with E-state index < -0.39 is 6.36 Å². The van der Waals surface area contributed by atoms with Gasteiger partial charge in [0, 0.05) is 11.5 Å². The van der Waals surface area contributed by atoms with E-state index in [1.165, 1.54) is 53.3 Å². The van der Waals surface area contributed by atoms with E-state index in [4.69, 9.17) is 0 Å². The van der Waals surface area contributed by atoms with Crippen LogP contribution in [0.3, 0.4) is 0 Å². The van der Waals surface area contributed by atoms with Gasteiger partial charge in [0.05, 0.1) is 0 Å². The van der Waals surface area contributed by atoms with E-state index in [0.29, 0.717) is 11.5 Å². The molecule has 0 amide bonds. The molecule has 0 aromatic heterocycles. The minimum atomic E-state index is -4.69. The van der Waals surface area contributed by atoms with Crippen molar-refractivity contribution < 1.29 is 17.9 Å². The molecule has 1 aliphatic rings. The minimum Gasteiger partial charge on any atom is -0.406 e. The quantitative estimate of drug-likeness (QED) is 0.291. The Morgan fingerprint density at radius 2 is 1.75 bits per heavy atom. The first-order chi connectivity index (χ1) is 15.4. The number of aryl methyl sites for hydroxylation is 1. The lowest BCUT2D eigenvalue weighted by molar-refractivity contribution is -0.274. The third-order valence-electron chi connectivity index (χ3n) is 6.29. The monoisotopic (exact) mass is 436 g/mol. The van der Waals surface area contributed by atoms with E-state index in [1.807, 2.05) is 0 Å². The van der Waals surface area contributed by atoms with Crippen molar-refractivity contribution in [3.8, 4) is 17.6 Å². The molecular formula is C28H27F3O. The molecule has 4 rings (SSSR count). The second-order valence-electron chi connectivity index (χ2n) is 8.47. The van der Waals surface area contributed by atoms with Crippen molar-refractivity contribution in [2.24, 2.45) is 5.92 Å². The molecule has 32 heavy (non-hydrogen) atoms. The third kappa shape index (κ3) is 5.27. The van der Waals surface area contributed by atoms with Gasteiger partial charge in [-0.25, -0.2) is 0 Å². The molecule has 0 spiro atoms. The highest BCUT2D eigenvalue weighted by atomic mass is 19.4. The average molecular weight is 437 g/mol. The molecule has 3 aromatic carbocycles.